The molecule has 142 valence electrons. The van der Waals surface area contributed by atoms with Crippen LogP contribution in [0.3, 0.4) is 0 Å². The lowest BCUT2D eigenvalue weighted by Gasteiger charge is -2.25. The SMILES string of the molecule is O=C1Nc2ccccc2N=C2Oc3c(ccc4ccccc34)C(c3cccnc3)=C12. The Kier molecular flexibility index (Phi) is 3.55. The molecule has 6 rings (SSSR count). The molecule has 0 radical (unpaired) electrons. The number of carbonyl (C=O) groups excluding carboxylic acids is 1. The van der Waals surface area contributed by atoms with Gasteiger partial charge in [0.05, 0.1) is 11.4 Å². The maximum Gasteiger partial charge on any atom is 0.261 e. The molecule has 0 saturated carbocycles. The van der Waals surface area contributed by atoms with Crippen molar-refractivity contribution in [2.24, 2.45) is 4.99 Å². The number of ether oxygens (including phenoxy) is 1. The Morgan fingerprint density at radius 1 is 0.833 bits per heavy atom. The molecule has 2 aliphatic rings. The van der Waals surface area contributed by atoms with E-state index >= 15 is 0 Å². The number of benzene rings is 3. The highest BCUT2D eigenvalue weighted by Crippen LogP contribution is 2.44. The third kappa shape index (κ3) is 2.46. The van der Waals surface area contributed by atoms with E-state index < -0.39 is 0 Å². The maximum absolute atomic E-state index is 13.3. The second kappa shape index (κ2) is 6.39. The number of carbonyl (C=O) groups is 1. The number of rotatable bonds is 1. The summed E-state index contributed by atoms with van der Waals surface area (Å²) >= 11 is 0. The first-order chi connectivity index (χ1) is 14.8. The molecule has 30 heavy (non-hydrogen) atoms. The van der Waals surface area contributed by atoms with E-state index in [2.05, 4.69) is 10.3 Å². The molecule has 0 aliphatic carbocycles. The third-order valence-electron chi connectivity index (χ3n) is 5.36. The van der Waals surface area contributed by atoms with Crippen LogP contribution < -0.4 is 10.1 Å². The zero-order chi connectivity index (χ0) is 20.1. The number of nitrogens with one attached hydrogen (secondary N) is 1. The lowest BCUT2D eigenvalue weighted by Crippen LogP contribution is -2.27. The Bertz CT molecular complexity index is 1400. The minimum Gasteiger partial charge on any atom is -0.437 e. The zero-order valence-corrected chi connectivity index (χ0v) is 15.8. The molecule has 2 aliphatic heterocycles. The molecule has 0 atom stereocenters. The van der Waals surface area contributed by atoms with Gasteiger partial charge < -0.3 is 10.1 Å². The van der Waals surface area contributed by atoms with Crippen LogP contribution >= 0.6 is 0 Å². The summed E-state index contributed by atoms with van der Waals surface area (Å²) in [5, 5.41) is 5.01. The first-order valence-corrected chi connectivity index (χ1v) is 9.64. The molecular weight excluding hydrogens is 374 g/mol. The minimum atomic E-state index is -0.253. The van der Waals surface area contributed by atoms with Crippen molar-refractivity contribution in [3.05, 3.63) is 102 Å². The van der Waals surface area contributed by atoms with Gasteiger partial charge in [-0.05, 0) is 29.7 Å². The van der Waals surface area contributed by atoms with Gasteiger partial charge in [-0.25, -0.2) is 4.99 Å². The monoisotopic (exact) mass is 389 g/mol. The van der Waals surface area contributed by atoms with Crippen LogP contribution in [0.15, 0.2) is 95.8 Å². The van der Waals surface area contributed by atoms with E-state index in [9.17, 15) is 4.79 Å². The van der Waals surface area contributed by atoms with Gasteiger partial charge in [-0.1, -0.05) is 48.5 Å². The van der Waals surface area contributed by atoms with Crippen molar-refractivity contribution in [1.29, 1.82) is 0 Å². The molecule has 4 aromatic rings. The van der Waals surface area contributed by atoms with E-state index in [4.69, 9.17) is 9.73 Å². The number of nitrogens with zero attached hydrogens (tertiary/aromatic N) is 2. The van der Waals surface area contributed by atoms with E-state index in [1.165, 1.54) is 0 Å². The predicted octanol–water partition coefficient (Wildman–Crippen LogP) is 5.11. The van der Waals surface area contributed by atoms with Crippen LogP contribution in [0.2, 0.25) is 0 Å². The molecule has 0 saturated heterocycles. The summed E-state index contributed by atoms with van der Waals surface area (Å²) in [7, 11) is 0. The number of para-hydroxylation sites is 2. The van der Waals surface area contributed by atoms with E-state index in [0.29, 0.717) is 28.6 Å². The minimum absolute atomic E-state index is 0.253. The number of hydrogen-bond donors (Lipinski definition) is 1. The summed E-state index contributed by atoms with van der Waals surface area (Å²) in [6, 6.07) is 23.3. The predicted molar refractivity (Wildman–Crippen MR) is 117 cm³/mol. The van der Waals surface area contributed by atoms with Gasteiger partial charge in [0, 0.05) is 34.5 Å². The normalized spacial score (nSPS) is 14.7. The Balaban J connectivity index is 1.72. The fraction of sp³-hybridized carbons (Fsp3) is 0. The Morgan fingerprint density at radius 2 is 1.70 bits per heavy atom. The van der Waals surface area contributed by atoms with Crippen LogP contribution in [-0.4, -0.2) is 16.8 Å². The second-order valence-electron chi connectivity index (χ2n) is 7.15. The van der Waals surface area contributed by atoms with Gasteiger partial charge in [0.2, 0.25) is 5.90 Å². The van der Waals surface area contributed by atoms with Crippen LogP contribution in [0.4, 0.5) is 11.4 Å². The highest BCUT2D eigenvalue weighted by atomic mass is 16.5. The van der Waals surface area contributed by atoms with E-state index in [-0.39, 0.29) is 5.91 Å². The molecule has 1 amide bonds. The van der Waals surface area contributed by atoms with Crippen molar-refractivity contribution in [1.82, 2.24) is 4.98 Å². The van der Waals surface area contributed by atoms with Crippen molar-refractivity contribution >= 4 is 39.5 Å². The number of anilines is 1. The molecule has 1 N–H and O–H groups in total. The third-order valence-corrected chi connectivity index (χ3v) is 5.36. The van der Waals surface area contributed by atoms with Crippen molar-refractivity contribution in [2.45, 2.75) is 0 Å². The van der Waals surface area contributed by atoms with E-state index in [0.717, 1.165) is 27.5 Å². The first kappa shape index (κ1) is 16.7. The lowest BCUT2D eigenvalue weighted by atomic mass is 9.89. The lowest BCUT2D eigenvalue weighted by molar-refractivity contribution is -0.112. The molecule has 0 spiro atoms. The van der Waals surface area contributed by atoms with Crippen LogP contribution in [0.25, 0.3) is 16.3 Å². The zero-order valence-electron chi connectivity index (χ0n) is 15.8. The summed E-state index contributed by atoms with van der Waals surface area (Å²) in [4.78, 5) is 22.3. The van der Waals surface area contributed by atoms with Crippen LogP contribution in [0.1, 0.15) is 11.1 Å². The number of aliphatic imine (C=N–C) groups is 1. The second-order valence-corrected chi connectivity index (χ2v) is 7.15. The Labute approximate surface area is 172 Å². The fourth-order valence-corrected chi connectivity index (χ4v) is 4.01. The van der Waals surface area contributed by atoms with Gasteiger partial charge in [0.25, 0.3) is 5.91 Å². The van der Waals surface area contributed by atoms with Crippen LogP contribution in [0.5, 0.6) is 5.75 Å². The Morgan fingerprint density at radius 3 is 2.60 bits per heavy atom. The number of aromatic nitrogens is 1. The van der Waals surface area contributed by atoms with Crippen molar-refractivity contribution in [3.63, 3.8) is 0 Å². The van der Waals surface area contributed by atoms with E-state index in [1.54, 1.807) is 12.4 Å². The van der Waals surface area contributed by atoms with Gasteiger partial charge in [-0.15, -0.1) is 0 Å². The topological polar surface area (TPSA) is 63.6 Å². The maximum atomic E-state index is 13.3. The van der Waals surface area contributed by atoms with E-state index in [1.807, 2.05) is 72.8 Å². The summed E-state index contributed by atoms with van der Waals surface area (Å²) < 4.78 is 6.32. The van der Waals surface area contributed by atoms with Gasteiger partial charge >= 0.3 is 0 Å². The number of hydrogen-bond acceptors (Lipinski definition) is 4. The average molecular weight is 389 g/mol. The highest BCUT2D eigenvalue weighted by molar-refractivity contribution is 6.32. The molecule has 5 heteroatoms. The molecular formula is C25H15N3O2. The quantitative estimate of drug-likeness (QED) is 0.492. The standard InChI is InChI=1S/C25H15N3O2/c29-24-22-21(16-7-5-13-26-14-16)18-12-11-15-6-1-2-8-17(15)23(18)30-25(22)28-20-10-4-3-9-19(20)27-24/h1-14H,(H,27,29). The van der Waals surface area contributed by atoms with Gasteiger partial charge in [0.1, 0.15) is 11.3 Å². The summed E-state index contributed by atoms with van der Waals surface area (Å²) in [5.41, 5.74) is 4.16. The van der Waals surface area contributed by atoms with Gasteiger partial charge in [-0.3, -0.25) is 9.78 Å². The number of pyridine rings is 1. The smallest absolute Gasteiger partial charge is 0.261 e. The number of amides is 1. The summed E-state index contributed by atoms with van der Waals surface area (Å²) in [5.74, 6) is 0.734. The van der Waals surface area contributed by atoms with Gasteiger partial charge in [-0.2, -0.15) is 0 Å². The summed E-state index contributed by atoms with van der Waals surface area (Å²) in [6.07, 6.45) is 3.48. The number of fused-ring (bicyclic) bond motifs is 5. The van der Waals surface area contributed by atoms with Gasteiger partial charge in [0.15, 0.2) is 0 Å². The molecule has 3 aromatic carbocycles. The Hall–Kier alpha value is -4.25. The van der Waals surface area contributed by atoms with Crippen LogP contribution in [0, 0.1) is 0 Å². The highest BCUT2D eigenvalue weighted by Gasteiger charge is 2.34. The van der Waals surface area contributed by atoms with Crippen molar-refractivity contribution < 1.29 is 9.53 Å². The summed E-state index contributed by atoms with van der Waals surface area (Å²) in [6.45, 7) is 0. The van der Waals surface area contributed by atoms with Crippen LogP contribution in [-0.2, 0) is 4.79 Å². The molecule has 0 unspecified atom stereocenters. The molecule has 3 heterocycles. The molecule has 0 bridgehead atoms. The fourth-order valence-electron chi connectivity index (χ4n) is 4.01. The van der Waals surface area contributed by atoms with Crippen molar-refractivity contribution in [3.8, 4) is 5.75 Å². The molecule has 5 nitrogen and oxygen atoms in total. The molecule has 1 aromatic heterocycles. The first-order valence-electron chi connectivity index (χ1n) is 9.64. The van der Waals surface area contributed by atoms with Crippen molar-refractivity contribution in [2.75, 3.05) is 5.32 Å². The largest absolute Gasteiger partial charge is 0.437 e. The average Bonchev–Trinajstić information content (AvgIpc) is 2.93. The molecule has 0 fully saturated rings.